The van der Waals surface area contributed by atoms with Gasteiger partial charge in [0.2, 0.25) is 0 Å². The van der Waals surface area contributed by atoms with E-state index in [2.05, 4.69) is 10.1 Å². The van der Waals surface area contributed by atoms with Crippen LogP contribution in [0.3, 0.4) is 0 Å². The first kappa shape index (κ1) is 12.1. The van der Waals surface area contributed by atoms with Gasteiger partial charge in [0.25, 0.3) is 0 Å². The quantitative estimate of drug-likeness (QED) is 0.483. The van der Waals surface area contributed by atoms with E-state index in [-0.39, 0.29) is 22.9 Å². The Kier molecular flexibility index (Phi) is 2.60. The summed E-state index contributed by atoms with van der Waals surface area (Å²) in [6, 6.07) is 6.57. The Morgan fingerprint density at radius 2 is 2.15 bits per heavy atom. The first-order valence-corrected chi connectivity index (χ1v) is 5.81. The number of hydrogen-bond donors (Lipinski definition) is 3. The highest BCUT2D eigenvalue weighted by atomic mass is 19.1. The number of nitrogens with two attached hydrogens (primary N) is 2. The Bertz CT molecular complexity index is 823. The lowest BCUT2D eigenvalue weighted by Crippen LogP contribution is -2.15. The molecule has 6 nitrogen and oxygen atoms in total. The third-order valence-corrected chi connectivity index (χ3v) is 2.98. The average Bonchev–Trinajstić information content (AvgIpc) is 2.84. The number of rotatable bonds is 2. The number of nitrogens with zero attached hydrogens (tertiary/aromatic N) is 3. The molecule has 20 heavy (non-hydrogen) atoms. The number of hydrogen-bond acceptors (Lipinski definition) is 4. The molecule has 0 bridgehead atoms. The van der Waals surface area contributed by atoms with E-state index in [0.29, 0.717) is 11.1 Å². The third-order valence-electron chi connectivity index (χ3n) is 2.98. The van der Waals surface area contributed by atoms with Gasteiger partial charge in [-0.15, -0.1) is 0 Å². The second-order valence-corrected chi connectivity index (χ2v) is 4.25. The zero-order valence-corrected chi connectivity index (χ0v) is 10.3. The predicted octanol–water partition coefficient (Wildman–Crippen LogP) is 1.40. The Balaban J connectivity index is 2.25. The largest absolute Gasteiger partial charge is 0.384 e. The number of pyridine rings is 2. The number of fused-ring (bicyclic) bond motifs is 1. The lowest BCUT2D eigenvalue weighted by molar-refractivity contribution is 0.626. The van der Waals surface area contributed by atoms with Crippen LogP contribution in [0.4, 0.5) is 10.2 Å². The summed E-state index contributed by atoms with van der Waals surface area (Å²) in [5.41, 5.74) is 12.5. The predicted molar refractivity (Wildman–Crippen MR) is 73.8 cm³/mol. The lowest BCUT2D eigenvalue weighted by atomic mass is 10.1. The normalized spacial score (nSPS) is 10.8. The van der Waals surface area contributed by atoms with E-state index in [1.165, 1.54) is 6.20 Å². The van der Waals surface area contributed by atoms with E-state index in [1.807, 2.05) is 12.1 Å². The summed E-state index contributed by atoms with van der Waals surface area (Å²) >= 11 is 0. The molecule has 0 amide bonds. The molecular weight excluding hydrogens is 259 g/mol. The maximum atomic E-state index is 14.2. The van der Waals surface area contributed by atoms with E-state index >= 15 is 0 Å². The number of aromatic nitrogens is 3. The number of nitrogen functional groups attached to an aromatic ring is 2. The van der Waals surface area contributed by atoms with Crippen LogP contribution < -0.4 is 11.5 Å². The molecule has 0 aliphatic rings. The Morgan fingerprint density at radius 3 is 2.90 bits per heavy atom. The SMILES string of the molecule is N=C(N)c1cc(F)c(-c2cnn3ccccc23)nc1N. The van der Waals surface area contributed by atoms with Crippen LogP contribution in [0, 0.1) is 11.2 Å². The smallest absolute Gasteiger partial charge is 0.150 e. The molecule has 0 radical (unpaired) electrons. The zero-order valence-electron chi connectivity index (χ0n) is 10.3. The van der Waals surface area contributed by atoms with Crippen molar-refractivity contribution in [3.63, 3.8) is 0 Å². The van der Waals surface area contributed by atoms with Crippen molar-refractivity contribution in [2.45, 2.75) is 0 Å². The summed E-state index contributed by atoms with van der Waals surface area (Å²) < 4.78 is 15.8. The van der Waals surface area contributed by atoms with Crippen LogP contribution in [0.15, 0.2) is 36.7 Å². The van der Waals surface area contributed by atoms with Gasteiger partial charge < -0.3 is 11.5 Å². The molecule has 0 saturated carbocycles. The molecule has 3 aromatic heterocycles. The van der Waals surface area contributed by atoms with Crippen LogP contribution in [0.2, 0.25) is 0 Å². The molecule has 0 fully saturated rings. The minimum Gasteiger partial charge on any atom is -0.384 e. The Labute approximate surface area is 113 Å². The maximum Gasteiger partial charge on any atom is 0.150 e. The van der Waals surface area contributed by atoms with Gasteiger partial charge >= 0.3 is 0 Å². The molecule has 0 atom stereocenters. The van der Waals surface area contributed by atoms with Crippen LogP contribution in [0.25, 0.3) is 16.8 Å². The van der Waals surface area contributed by atoms with Crippen molar-refractivity contribution in [1.29, 1.82) is 5.41 Å². The topological polar surface area (TPSA) is 106 Å². The molecule has 0 aliphatic heterocycles. The van der Waals surface area contributed by atoms with Crippen LogP contribution in [0.1, 0.15) is 5.56 Å². The Hall–Kier alpha value is -2.96. The number of amidine groups is 1. The average molecular weight is 270 g/mol. The number of halogens is 1. The zero-order chi connectivity index (χ0) is 14.3. The molecule has 0 spiro atoms. The van der Waals surface area contributed by atoms with E-state index in [9.17, 15) is 4.39 Å². The van der Waals surface area contributed by atoms with Crippen molar-refractivity contribution in [1.82, 2.24) is 14.6 Å². The van der Waals surface area contributed by atoms with Crippen LogP contribution >= 0.6 is 0 Å². The van der Waals surface area contributed by atoms with E-state index in [1.54, 1.807) is 16.8 Å². The van der Waals surface area contributed by atoms with Crippen LogP contribution in [-0.2, 0) is 0 Å². The second-order valence-electron chi connectivity index (χ2n) is 4.25. The van der Waals surface area contributed by atoms with Crippen molar-refractivity contribution in [3.8, 4) is 11.3 Å². The summed E-state index contributed by atoms with van der Waals surface area (Å²) in [5.74, 6) is -0.896. The molecule has 0 aliphatic carbocycles. The van der Waals surface area contributed by atoms with E-state index < -0.39 is 5.82 Å². The molecule has 100 valence electrons. The molecule has 3 rings (SSSR count). The van der Waals surface area contributed by atoms with Gasteiger partial charge in [-0.05, 0) is 18.2 Å². The highest BCUT2D eigenvalue weighted by Gasteiger charge is 2.16. The van der Waals surface area contributed by atoms with Gasteiger partial charge in [-0.25, -0.2) is 13.9 Å². The molecule has 7 heteroatoms. The van der Waals surface area contributed by atoms with Crippen LogP contribution in [0.5, 0.6) is 0 Å². The minimum atomic E-state index is -0.594. The molecule has 0 unspecified atom stereocenters. The van der Waals surface area contributed by atoms with E-state index in [0.717, 1.165) is 6.07 Å². The Morgan fingerprint density at radius 1 is 1.35 bits per heavy atom. The summed E-state index contributed by atoms with van der Waals surface area (Å²) in [5, 5.41) is 11.4. The van der Waals surface area contributed by atoms with Crippen molar-refractivity contribution in [2.24, 2.45) is 5.73 Å². The fourth-order valence-corrected chi connectivity index (χ4v) is 2.02. The first-order valence-electron chi connectivity index (χ1n) is 5.81. The second kappa shape index (κ2) is 4.30. The lowest BCUT2D eigenvalue weighted by Gasteiger charge is -2.07. The van der Waals surface area contributed by atoms with Crippen LogP contribution in [-0.4, -0.2) is 20.4 Å². The van der Waals surface area contributed by atoms with Gasteiger partial charge in [0.1, 0.15) is 17.3 Å². The van der Waals surface area contributed by atoms with Gasteiger partial charge in [0.05, 0.1) is 17.3 Å². The van der Waals surface area contributed by atoms with Crippen molar-refractivity contribution >= 4 is 17.2 Å². The summed E-state index contributed by atoms with van der Waals surface area (Å²) in [7, 11) is 0. The van der Waals surface area contributed by atoms with Gasteiger partial charge in [-0.2, -0.15) is 5.10 Å². The fraction of sp³-hybridized carbons (Fsp3) is 0. The molecular formula is C13H11FN6. The number of anilines is 1. The third kappa shape index (κ3) is 1.76. The fourth-order valence-electron chi connectivity index (χ4n) is 2.02. The van der Waals surface area contributed by atoms with Gasteiger partial charge in [0.15, 0.2) is 5.82 Å². The van der Waals surface area contributed by atoms with Crippen molar-refractivity contribution in [2.75, 3.05) is 5.73 Å². The monoisotopic (exact) mass is 270 g/mol. The van der Waals surface area contributed by atoms with Gasteiger partial charge in [-0.1, -0.05) is 6.07 Å². The van der Waals surface area contributed by atoms with Crippen molar-refractivity contribution < 1.29 is 4.39 Å². The maximum absolute atomic E-state index is 14.2. The summed E-state index contributed by atoms with van der Waals surface area (Å²) in [6.45, 7) is 0. The van der Waals surface area contributed by atoms with Gasteiger partial charge in [0, 0.05) is 11.8 Å². The van der Waals surface area contributed by atoms with Gasteiger partial charge in [-0.3, -0.25) is 5.41 Å². The molecule has 0 saturated heterocycles. The molecule has 3 aromatic rings. The molecule has 0 aromatic carbocycles. The van der Waals surface area contributed by atoms with Crippen molar-refractivity contribution in [3.05, 3.63) is 48.0 Å². The standard InChI is InChI=1S/C13H11FN6/c14-9-5-7(12(15)16)13(17)19-11(9)8-6-18-20-4-2-1-3-10(8)20/h1-6H,(H3,15,16)(H2,17,19). The number of nitrogens with one attached hydrogen (secondary N) is 1. The highest BCUT2D eigenvalue weighted by Crippen LogP contribution is 2.27. The highest BCUT2D eigenvalue weighted by molar-refractivity contribution is 5.99. The molecule has 5 N–H and O–H groups in total. The minimum absolute atomic E-state index is 0.0178. The first-order chi connectivity index (χ1) is 9.58. The summed E-state index contributed by atoms with van der Waals surface area (Å²) in [4.78, 5) is 4.02. The molecule has 3 heterocycles. The summed E-state index contributed by atoms with van der Waals surface area (Å²) in [6.07, 6.45) is 3.28. The van der Waals surface area contributed by atoms with E-state index in [4.69, 9.17) is 16.9 Å².